The number of rotatable bonds is 4. The lowest BCUT2D eigenvalue weighted by molar-refractivity contribution is -0.131. The van der Waals surface area contributed by atoms with Crippen LogP contribution in [0.25, 0.3) is 0 Å². The third kappa shape index (κ3) is 3.43. The molecule has 2 rings (SSSR count). The van der Waals surface area contributed by atoms with Crippen molar-refractivity contribution in [3.63, 3.8) is 0 Å². The summed E-state index contributed by atoms with van der Waals surface area (Å²) in [6, 6.07) is 12.8. The lowest BCUT2D eigenvalue weighted by atomic mass is 10.0. The van der Waals surface area contributed by atoms with Gasteiger partial charge in [-0.05, 0) is 37.5 Å². The molecule has 0 heterocycles. The summed E-state index contributed by atoms with van der Waals surface area (Å²) in [5.41, 5.74) is 3.51. The van der Waals surface area contributed by atoms with Crippen LogP contribution < -0.4 is 4.74 Å². The van der Waals surface area contributed by atoms with E-state index in [0.29, 0.717) is 11.3 Å². The Labute approximate surface area is 130 Å². The van der Waals surface area contributed by atoms with E-state index in [1.165, 1.54) is 0 Å². The summed E-state index contributed by atoms with van der Waals surface area (Å²) in [4.78, 5) is 12.2. The molecule has 0 radical (unpaired) electrons. The molecule has 22 heavy (non-hydrogen) atoms. The first kappa shape index (κ1) is 16.0. The number of aryl methyl sites for hydroxylation is 3. The van der Waals surface area contributed by atoms with E-state index in [9.17, 15) is 9.90 Å². The second kappa shape index (κ2) is 6.58. The van der Waals surface area contributed by atoms with Crippen molar-refractivity contribution in [1.82, 2.24) is 0 Å². The molecule has 0 fully saturated rings. The van der Waals surface area contributed by atoms with Crippen molar-refractivity contribution >= 4 is 5.97 Å². The quantitative estimate of drug-likeness (QED) is 0.530. The van der Waals surface area contributed by atoms with Gasteiger partial charge in [0, 0.05) is 0 Å². The second-order valence-corrected chi connectivity index (χ2v) is 5.46. The Bertz CT molecular complexity index is 679. The van der Waals surface area contributed by atoms with Crippen molar-refractivity contribution in [1.29, 1.82) is 0 Å². The Hall–Kier alpha value is -2.39. The number of hydrogen-bond donors (Lipinski definition) is 1. The summed E-state index contributed by atoms with van der Waals surface area (Å²) < 4.78 is 5.44. The van der Waals surface area contributed by atoms with Crippen molar-refractivity contribution in [3.8, 4) is 5.75 Å². The Morgan fingerprint density at radius 3 is 2.18 bits per heavy atom. The maximum Gasteiger partial charge on any atom is 0.341 e. The highest BCUT2D eigenvalue weighted by Gasteiger charge is 2.21. The molecule has 2 aromatic carbocycles. The van der Waals surface area contributed by atoms with E-state index < -0.39 is 12.1 Å². The Morgan fingerprint density at radius 1 is 1.09 bits per heavy atom. The minimum absolute atomic E-state index is 0.0191. The Morgan fingerprint density at radius 2 is 1.64 bits per heavy atom. The van der Waals surface area contributed by atoms with Gasteiger partial charge in [0.1, 0.15) is 11.9 Å². The molecule has 2 aromatic rings. The molecule has 0 aromatic heterocycles. The van der Waals surface area contributed by atoms with Crippen LogP contribution in [0.4, 0.5) is 0 Å². The van der Waals surface area contributed by atoms with E-state index in [2.05, 4.69) is 6.58 Å². The summed E-state index contributed by atoms with van der Waals surface area (Å²) in [6.45, 7) is 9.44. The predicted octanol–water partition coefficient (Wildman–Crippen LogP) is 3.81. The molecule has 1 atom stereocenters. The molecule has 0 spiro atoms. The average molecular weight is 296 g/mol. The molecule has 0 saturated heterocycles. The molecular formula is C19H20O3. The number of carbonyl (C=O) groups is 1. The lowest BCUT2D eigenvalue weighted by Crippen LogP contribution is -2.17. The zero-order valence-corrected chi connectivity index (χ0v) is 13.1. The molecule has 114 valence electrons. The number of aliphatic hydroxyl groups excluding tert-OH is 1. The fraction of sp³-hybridized carbons (Fsp3) is 0.211. The van der Waals surface area contributed by atoms with Gasteiger partial charge in [-0.1, -0.05) is 54.6 Å². The van der Waals surface area contributed by atoms with Crippen LogP contribution in [0.1, 0.15) is 28.4 Å². The molecule has 0 saturated carbocycles. The standard InChI is InChI=1S/C19H20O3/c1-12-10-13(2)18(14(3)11-12)22-19(21)15(4)17(20)16-8-6-5-7-9-16/h5-11,17,20H,4H2,1-3H3/t17-/m0/s1. The SMILES string of the molecule is C=C(C(=O)Oc1c(C)cc(C)cc1C)[C@H](O)c1ccccc1. The molecule has 0 aliphatic carbocycles. The number of esters is 1. The van der Waals surface area contributed by atoms with Crippen LogP contribution >= 0.6 is 0 Å². The first-order valence-electron chi connectivity index (χ1n) is 7.12. The summed E-state index contributed by atoms with van der Waals surface area (Å²) >= 11 is 0. The predicted molar refractivity (Wildman–Crippen MR) is 86.8 cm³/mol. The fourth-order valence-electron chi connectivity index (χ4n) is 2.43. The molecule has 0 aliphatic heterocycles. The number of aliphatic hydroxyl groups is 1. The van der Waals surface area contributed by atoms with E-state index in [4.69, 9.17) is 4.74 Å². The third-order valence-corrected chi connectivity index (χ3v) is 3.51. The molecule has 0 amide bonds. The van der Waals surface area contributed by atoms with E-state index in [-0.39, 0.29) is 5.57 Å². The Balaban J connectivity index is 2.18. The Kier molecular flexibility index (Phi) is 4.78. The van der Waals surface area contributed by atoms with Gasteiger partial charge in [0.25, 0.3) is 0 Å². The van der Waals surface area contributed by atoms with E-state index >= 15 is 0 Å². The highest BCUT2D eigenvalue weighted by Crippen LogP contribution is 2.27. The van der Waals surface area contributed by atoms with Crippen LogP contribution in [0, 0.1) is 20.8 Å². The van der Waals surface area contributed by atoms with Crippen LogP contribution in [0.15, 0.2) is 54.6 Å². The van der Waals surface area contributed by atoms with E-state index in [0.717, 1.165) is 16.7 Å². The van der Waals surface area contributed by atoms with Gasteiger partial charge >= 0.3 is 5.97 Å². The summed E-state index contributed by atoms with van der Waals surface area (Å²) in [7, 11) is 0. The van der Waals surface area contributed by atoms with Crippen LogP contribution in [0.5, 0.6) is 5.75 Å². The number of hydrogen-bond acceptors (Lipinski definition) is 3. The fourth-order valence-corrected chi connectivity index (χ4v) is 2.43. The molecule has 0 aliphatic rings. The zero-order chi connectivity index (χ0) is 16.3. The van der Waals surface area contributed by atoms with Gasteiger partial charge in [0.05, 0.1) is 5.57 Å². The summed E-state index contributed by atoms with van der Waals surface area (Å²) in [6.07, 6.45) is -1.07. The largest absolute Gasteiger partial charge is 0.423 e. The van der Waals surface area contributed by atoms with Gasteiger partial charge < -0.3 is 9.84 Å². The van der Waals surface area contributed by atoms with Crippen molar-refractivity contribution in [2.75, 3.05) is 0 Å². The van der Waals surface area contributed by atoms with E-state index in [1.54, 1.807) is 24.3 Å². The zero-order valence-electron chi connectivity index (χ0n) is 13.1. The number of benzene rings is 2. The molecule has 3 nitrogen and oxygen atoms in total. The highest BCUT2D eigenvalue weighted by atomic mass is 16.5. The maximum atomic E-state index is 12.2. The summed E-state index contributed by atoms with van der Waals surface area (Å²) in [5.74, 6) is -0.0941. The molecular weight excluding hydrogens is 276 g/mol. The van der Waals surface area contributed by atoms with Gasteiger partial charge in [-0.15, -0.1) is 0 Å². The maximum absolute atomic E-state index is 12.2. The van der Waals surface area contributed by atoms with Crippen LogP contribution in [0.3, 0.4) is 0 Å². The first-order valence-corrected chi connectivity index (χ1v) is 7.12. The second-order valence-electron chi connectivity index (χ2n) is 5.46. The van der Waals surface area contributed by atoms with Gasteiger partial charge in [0.2, 0.25) is 0 Å². The van der Waals surface area contributed by atoms with E-state index in [1.807, 2.05) is 39.0 Å². The number of carbonyl (C=O) groups excluding carboxylic acids is 1. The monoisotopic (exact) mass is 296 g/mol. The van der Waals surface area contributed by atoms with Crippen molar-refractivity contribution < 1.29 is 14.6 Å². The third-order valence-electron chi connectivity index (χ3n) is 3.51. The number of ether oxygens (including phenoxy) is 1. The molecule has 1 N–H and O–H groups in total. The van der Waals surface area contributed by atoms with Gasteiger partial charge in [0.15, 0.2) is 0 Å². The van der Waals surface area contributed by atoms with Gasteiger partial charge in [-0.2, -0.15) is 0 Å². The minimum atomic E-state index is -1.07. The van der Waals surface area contributed by atoms with Crippen LogP contribution in [-0.2, 0) is 4.79 Å². The van der Waals surface area contributed by atoms with Crippen molar-refractivity contribution in [2.24, 2.45) is 0 Å². The molecule has 0 unspecified atom stereocenters. The topological polar surface area (TPSA) is 46.5 Å². The first-order chi connectivity index (χ1) is 10.4. The van der Waals surface area contributed by atoms with Crippen molar-refractivity contribution in [2.45, 2.75) is 26.9 Å². The normalized spacial score (nSPS) is 11.8. The smallest absolute Gasteiger partial charge is 0.341 e. The van der Waals surface area contributed by atoms with Crippen LogP contribution in [0.2, 0.25) is 0 Å². The highest BCUT2D eigenvalue weighted by molar-refractivity contribution is 5.91. The summed E-state index contributed by atoms with van der Waals surface area (Å²) in [5, 5.41) is 10.2. The minimum Gasteiger partial charge on any atom is -0.423 e. The van der Waals surface area contributed by atoms with Crippen molar-refractivity contribution in [3.05, 3.63) is 76.9 Å². The lowest BCUT2D eigenvalue weighted by Gasteiger charge is -2.16. The van der Waals surface area contributed by atoms with Gasteiger partial charge in [-0.25, -0.2) is 4.79 Å². The van der Waals surface area contributed by atoms with Gasteiger partial charge in [-0.3, -0.25) is 0 Å². The average Bonchev–Trinajstić information content (AvgIpc) is 2.50. The van der Waals surface area contributed by atoms with Crippen LogP contribution in [-0.4, -0.2) is 11.1 Å². The molecule has 0 bridgehead atoms. The molecule has 3 heteroatoms.